The standard InChI is InChI=1S/C26H26N2O2/c1-4-14-27(17-21-11-9-19(2)10-12-21)26(29)24-16-25-23(13-15-30-25)28(24)18-22-8-6-5-7-20(22)3/h4-13,15-16H,1,14,17-18H2,2-3H3. The van der Waals surface area contributed by atoms with E-state index in [0.717, 1.165) is 16.7 Å². The zero-order valence-corrected chi connectivity index (χ0v) is 17.5. The first kappa shape index (κ1) is 19.8. The van der Waals surface area contributed by atoms with Gasteiger partial charge >= 0.3 is 0 Å². The van der Waals surface area contributed by atoms with Gasteiger partial charge in [-0.25, -0.2) is 0 Å². The lowest BCUT2D eigenvalue weighted by Gasteiger charge is -2.22. The van der Waals surface area contributed by atoms with Crippen LogP contribution in [0.2, 0.25) is 0 Å². The summed E-state index contributed by atoms with van der Waals surface area (Å²) in [6, 6.07) is 20.3. The highest BCUT2D eigenvalue weighted by Crippen LogP contribution is 2.25. The predicted molar refractivity (Wildman–Crippen MR) is 121 cm³/mol. The summed E-state index contributed by atoms with van der Waals surface area (Å²) < 4.78 is 7.67. The van der Waals surface area contributed by atoms with Crippen molar-refractivity contribution in [3.05, 3.63) is 108 Å². The Hall–Kier alpha value is -3.53. The van der Waals surface area contributed by atoms with Crippen LogP contribution in [0.5, 0.6) is 0 Å². The Morgan fingerprint density at radius 2 is 1.87 bits per heavy atom. The fourth-order valence-electron chi connectivity index (χ4n) is 3.73. The second-order valence-corrected chi connectivity index (χ2v) is 7.67. The van der Waals surface area contributed by atoms with E-state index in [4.69, 9.17) is 4.42 Å². The third-order valence-electron chi connectivity index (χ3n) is 5.46. The first-order chi connectivity index (χ1) is 14.6. The molecule has 0 N–H and O–H groups in total. The monoisotopic (exact) mass is 398 g/mol. The van der Waals surface area contributed by atoms with Gasteiger partial charge in [-0.05, 0) is 30.5 Å². The smallest absolute Gasteiger partial charge is 0.271 e. The van der Waals surface area contributed by atoms with Crippen molar-refractivity contribution in [1.29, 1.82) is 0 Å². The van der Waals surface area contributed by atoms with E-state index in [9.17, 15) is 4.79 Å². The Bertz CT molecular complexity index is 1180. The van der Waals surface area contributed by atoms with Crippen molar-refractivity contribution in [3.63, 3.8) is 0 Å². The van der Waals surface area contributed by atoms with Crippen molar-refractivity contribution >= 4 is 17.0 Å². The number of amides is 1. The summed E-state index contributed by atoms with van der Waals surface area (Å²) >= 11 is 0. The summed E-state index contributed by atoms with van der Waals surface area (Å²) in [4.78, 5) is 15.4. The van der Waals surface area contributed by atoms with Crippen LogP contribution in [0.1, 0.15) is 32.7 Å². The topological polar surface area (TPSA) is 38.4 Å². The van der Waals surface area contributed by atoms with E-state index in [1.165, 1.54) is 16.7 Å². The molecule has 0 spiro atoms. The van der Waals surface area contributed by atoms with E-state index in [2.05, 4.69) is 61.4 Å². The van der Waals surface area contributed by atoms with Crippen LogP contribution in [0.4, 0.5) is 0 Å². The molecule has 4 aromatic rings. The molecule has 0 saturated heterocycles. The van der Waals surface area contributed by atoms with E-state index in [-0.39, 0.29) is 5.91 Å². The first-order valence-electron chi connectivity index (χ1n) is 10.1. The fraction of sp³-hybridized carbons (Fsp3) is 0.192. The maximum atomic E-state index is 13.6. The number of aromatic nitrogens is 1. The minimum Gasteiger partial charge on any atom is -0.463 e. The molecule has 4 nitrogen and oxygen atoms in total. The van der Waals surface area contributed by atoms with E-state index < -0.39 is 0 Å². The van der Waals surface area contributed by atoms with Crippen molar-refractivity contribution in [2.75, 3.05) is 6.54 Å². The van der Waals surface area contributed by atoms with Crippen molar-refractivity contribution in [3.8, 4) is 0 Å². The quantitative estimate of drug-likeness (QED) is 0.373. The number of hydrogen-bond donors (Lipinski definition) is 0. The molecular weight excluding hydrogens is 372 g/mol. The molecule has 0 aliphatic rings. The van der Waals surface area contributed by atoms with E-state index in [1.54, 1.807) is 12.3 Å². The summed E-state index contributed by atoms with van der Waals surface area (Å²) in [5.41, 5.74) is 6.95. The van der Waals surface area contributed by atoms with Gasteiger partial charge in [-0.2, -0.15) is 0 Å². The maximum absolute atomic E-state index is 13.6. The van der Waals surface area contributed by atoms with Gasteiger partial charge in [-0.15, -0.1) is 6.58 Å². The number of carbonyl (C=O) groups excluding carboxylic acids is 1. The van der Waals surface area contributed by atoms with Gasteiger partial charge in [0.2, 0.25) is 0 Å². The summed E-state index contributed by atoms with van der Waals surface area (Å²) in [5.74, 6) is -0.0320. The molecule has 0 unspecified atom stereocenters. The van der Waals surface area contributed by atoms with Crippen LogP contribution in [0, 0.1) is 13.8 Å². The van der Waals surface area contributed by atoms with Crippen molar-refractivity contribution in [1.82, 2.24) is 9.47 Å². The largest absolute Gasteiger partial charge is 0.463 e. The minimum atomic E-state index is -0.0320. The van der Waals surface area contributed by atoms with E-state index in [1.807, 2.05) is 29.2 Å². The summed E-state index contributed by atoms with van der Waals surface area (Å²) in [6.45, 7) is 9.62. The zero-order valence-electron chi connectivity index (χ0n) is 17.5. The van der Waals surface area contributed by atoms with E-state index >= 15 is 0 Å². The molecule has 0 fully saturated rings. The molecule has 0 aliphatic heterocycles. The Morgan fingerprint density at radius 3 is 2.60 bits per heavy atom. The van der Waals surface area contributed by atoms with Crippen LogP contribution in [-0.2, 0) is 13.1 Å². The molecule has 0 bridgehead atoms. The Morgan fingerprint density at radius 1 is 1.10 bits per heavy atom. The molecule has 1 amide bonds. The van der Waals surface area contributed by atoms with Crippen LogP contribution >= 0.6 is 0 Å². The number of furan rings is 1. The van der Waals surface area contributed by atoms with Gasteiger partial charge in [0.1, 0.15) is 5.69 Å². The van der Waals surface area contributed by atoms with Gasteiger partial charge < -0.3 is 13.9 Å². The second-order valence-electron chi connectivity index (χ2n) is 7.67. The molecule has 0 aliphatic carbocycles. The third-order valence-corrected chi connectivity index (χ3v) is 5.46. The van der Waals surface area contributed by atoms with Crippen LogP contribution in [-0.4, -0.2) is 21.9 Å². The van der Waals surface area contributed by atoms with Gasteiger partial charge in [-0.1, -0.05) is 60.2 Å². The maximum Gasteiger partial charge on any atom is 0.271 e. The number of rotatable bonds is 7. The van der Waals surface area contributed by atoms with Gasteiger partial charge in [-0.3, -0.25) is 4.79 Å². The molecular formula is C26H26N2O2. The van der Waals surface area contributed by atoms with Gasteiger partial charge in [0.15, 0.2) is 5.58 Å². The minimum absolute atomic E-state index is 0.0320. The van der Waals surface area contributed by atoms with Gasteiger partial charge in [0, 0.05) is 31.8 Å². The van der Waals surface area contributed by atoms with Gasteiger partial charge in [0.25, 0.3) is 5.91 Å². The molecule has 2 aromatic heterocycles. The Kier molecular flexibility index (Phi) is 5.57. The SMILES string of the molecule is C=CCN(Cc1ccc(C)cc1)C(=O)c1cc2occc2n1Cc1ccccc1C. The molecule has 2 aromatic carbocycles. The lowest BCUT2D eigenvalue weighted by molar-refractivity contribution is 0.0752. The van der Waals surface area contributed by atoms with Crippen molar-refractivity contribution in [2.24, 2.45) is 0 Å². The van der Waals surface area contributed by atoms with Crippen LogP contribution < -0.4 is 0 Å². The van der Waals surface area contributed by atoms with E-state index in [0.29, 0.717) is 25.3 Å². The average molecular weight is 399 g/mol. The molecule has 0 saturated carbocycles. The number of aryl methyl sites for hydroxylation is 2. The molecule has 152 valence electrons. The molecule has 4 rings (SSSR count). The first-order valence-corrected chi connectivity index (χ1v) is 10.1. The lowest BCUT2D eigenvalue weighted by Crippen LogP contribution is -2.32. The summed E-state index contributed by atoms with van der Waals surface area (Å²) in [7, 11) is 0. The molecule has 30 heavy (non-hydrogen) atoms. The van der Waals surface area contributed by atoms with Crippen LogP contribution in [0.25, 0.3) is 11.1 Å². The van der Waals surface area contributed by atoms with Gasteiger partial charge in [0.05, 0.1) is 11.8 Å². The fourth-order valence-corrected chi connectivity index (χ4v) is 3.73. The number of benzene rings is 2. The lowest BCUT2D eigenvalue weighted by atomic mass is 10.1. The number of nitrogens with zero attached hydrogens (tertiary/aromatic N) is 2. The Balaban J connectivity index is 1.70. The molecule has 2 heterocycles. The predicted octanol–water partition coefficient (Wildman–Crippen LogP) is 5.73. The van der Waals surface area contributed by atoms with Crippen LogP contribution in [0.3, 0.4) is 0 Å². The summed E-state index contributed by atoms with van der Waals surface area (Å²) in [5, 5.41) is 0. The summed E-state index contributed by atoms with van der Waals surface area (Å²) in [6.07, 6.45) is 3.44. The number of fused-ring (bicyclic) bond motifs is 1. The molecule has 0 atom stereocenters. The van der Waals surface area contributed by atoms with Crippen molar-refractivity contribution in [2.45, 2.75) is 26.9 Å². The highest BCUT2D eigenvalue weighted by atomic mass is 16.3. The molecule has 4 heteroatoms. The Labute approximate surface area is 177 Å². The van der Waals surface area contributed by atoms with Crippen LogP contribution in [0.15, 0.2) is 84.0 Å². The average Bonchev–Trinajstić information content (AvgIpc) is 3.33. The van der Waals surface area contributed by atoms with Crippen molar-refractivity contribution < 1.29 is 9.21 Å². The normalized spacial score (nSPS) is 11.0. The zero-order chi connectivity index (χ0) is 21.1. The third kappa shape index (κ3) is 3.94. The number of hydrogen-bond acceptors (Lipinski definition) is 2. The number of carbonyl (C=O) groups is 1. The highest BCUT2D eigenvalue weighted by Gasteiger charge is 2.22. The highest BCUT2D eigenvalue weighted by molar-refractivity contribution is 5.97. The second kappa shape index (κ2) is 8.46. The molecule has 0 radical (unpaired) electrons.